The molecule has 1 N–H and O–H groups in total. The van der Waals surface area contributed by atoms with Crippen LogP contribution in [0.2, 0.25) is 28.2 Å². The lowest BCUT2D eigenvalue weighted by Crippen LogP contribution is -2.45. The van der Waals surface area contributed by atoms with Crippen molar-refractivity contribution < 1.29 is 19.1 Å². The van der Waals surface area contributed by atoms with E-state index in [9.17, 15) is 14.4 Å². The molecule has 6 nitrogen and oxygen atoms in total. The van der Waals surface area contributed by atoms with Gasteiger partial charge in [0.2, 0.25) is 5.91 Å². The monoisotopic (exact) mass is 576 g/mol. The van der Waals surface area contributed by atoms with E-state index in [2.05, 4.69) is 18.4 Å². The molecule has 0 radical (unpaired) electrons. The first-order valence-electron chi connectivity index (χ1n) is 13.1. The van der Waals surface area contributed by atoms with Gasteiger partial charge in [0.15, 0.2) is 8.32 Å². The fourth-order valence-electron chi connectivity index (χ4n) is 5.39. The predicted octanol–water partition coefficient (Wildman–Crippen LogP) is 8.18. The number of aromatic nitrogens is 1. The van der Waals surface area contributed by atoms with Gasteiger partial charge in [0.25, 0.3) is 0 Å². The van der Waals surface area contributed by atoms with E-state index in [0.717, 1.165) is 21.8 Å². The second-order valence-corrected chi connectivity index (χ2v) is 18.0. The summed E-state index contributed by atoms with van der Waals surface area (Å²) in [4.78, 5) is 39.0. The third-order valence-electron chi connectivity index (χ3n) is 8.02. The number of hydrogen-bond donors (Lipinski definition) is 1. The van der Waals surface area contributed by atoms with Gasteiger partial charge in [0, 0.05) is 50.9 Å². The van der Waals surface area contributed by atoms with Gasteiger partial charge >= 0.3 is 6.09 Å². The minimum Gasteiger partial charge on any atom is -0.443 e. The van der Waals surface area contributed by atoms with Crippen LogP contribution in [0.4, 0.5) is 4.79 Å². The van der Waals surface area contributed by atoms with Crippen molar-refractivity contribution in [3.8, 4) is 0 Å². The van der Waals surface area contributed by atoms with Gasteiger partial charge in [-0.05, 0) is 94.1 Å². The zero-order chi connectivity index (χ0) is 28.2. The number of fused-ring (bicyclic) bond motifs is 3. The van der Waals surface area contributed by atoms with Crippen molar-refractivity contribution in [2.75, 3.05) is 6.54 Å². The minimum absolute atomic E-state index is 0.107. The van der Waals surface area contributed by atoms with Crippen molar-refractivity contribution in [3.63, 3.8) is 0 Å². The van der Waals surface area contributed by atoms with Gasteiger partial charge in [-0.25, -0.2) is 9.69 Å². The van der Waals surface area contributed by atoms with Crippen LogP contribution in [0.3, 0.4) is 0 Å². The number of amides is 2. The Morgan fingerprint density at radius 3 is 2.03 bits per heavy atom. The Kier molecular flexibility index (Phi) is 7.73. The summed E-state index contributed by atoms with van der Waals surface area (Å²) in [6, 6.07) is 11.6. The number of ether oxygens (including phenoxy) is 1. The average molecular weight is 578 g/mol. The van der Waals surface area contributed by atoms with Crippen LogP contribution in [0.5, 0.6) is 0 Å². The molecular formula is C29H38Cl2N2O4Si. The van der Waals surface area contributed by atoms with E-state index in [4.69, 9.17) is 27.9 Å². The van der Waals surface area contributed by atoms with Crippen molar-refractivity contribution in [2.45, 2.75) is 83.7 Å². The standard InChI is InChI=1S/C29H38Cl2N2O4Si/c1-28(2,3)37-27(35)32-17-18(16-29(4,5)38(6,7)36)23(12-13-26(32)34)33-24-10-8-19(30)14-21(24)22-15-20(31)9-11-25(22)33/h8-11,14-15,18,23,36H,12-13,16-17H2,1-7H3/t18-,23-/m1/s1. The first-order valence-corrected chi connectivity index (χ1v) is 16.8. The molecule has 2 aromatic carbocycles. The SMILES string of the molecule is CC(C)(C)OC(=O)N1C[C@@H](CC(C)(C)[Si](C)(C)O)[C@H](n2c3ccc(Cl)cc3c3cc(Cl)ccc32)CCC1=O. The fourth-order valence-corrected chi connectivity index (χ4v) is 6.50. The van der Waals surface area contributed by atoms with E-state index in [1.807, 2.05) is 49.5 Å². The molecule has 2 heterocycles. The lowest BCUT2D eigenvalue weighted by molar-refractivity contribution is -0.130. The van der Waals surface area contributed by atoms with E-state index in [1.54, 1.807) is 20.8 Å². The van der Waals surface area contributed by atoms with E-state index in [1.165, 1.54) is 4.90 Å². The molecule has 0 bridgehead atoms. The van der Waals surface area contributed by atoms with Crippen molar-refractivity contribution in [2.24, 2.45) is 5.92 Å². The lowest BCUT2D eigenvalue weighted by Gasteiger charge is -2.41. The van der Waals surface area contributed by atoms with Crippen LogP contribution in [0, 0.1) is 5.92 Å². The summed E-state index contributed by atoms with van der Waals surface area (Å²) in [5.74, 6) is -0.357. The number of benzene rings is 2. The average Bonchev–Trinajstić information content (AvgIpc) is 2.97. The molecule has 2 amide bonds. The van der Waals surface area contributed by atoms with Gasteiger partial charge in [-0.3, -0.25) is 4.79 Å². The van der Waals surface area contributed by atoms with Crippen molar-refractivity contribution in [3.05, 3.63) is 46.4 Å². The highest BCUT2D eigenvalue weighted by atomic mass is 35.5. The molecule has 1 aromatic heterocycles. The molecule has 0 unspecified atom stereocenters. The maximum atomic E-state index is 13.3. The lowest BCUT2D eigenvalue weighted by atomic mass is 9.87. The van der Waals surface area contributed by atoms with Gasteiger partial charge in [-0.1, -0.05) is 37.0 Å². The molecule has 1 saturated heterocycles. The van der Waals surface area contributed by atoms with Crippen LogP contribution in [0.25, 0.3) is 21.8 Å². The summed E-state index contributed by atoms with van der Waals surface area (Å²) >= 11 is 12.8. The van der Waals surface area contributed by atoms with E-state index >= 15 is 0 Å². The summed E-state index contributed by atoms with van der Waals surface area (Å²) < 4.78 is 7.92. The molecule has 9 heteroatoms. The summed E-state index contributed by atoms with van der Waals surface area (Å²) in [6.07, 6.45) is 0.786. The molecule has 1 fully saturated rings. The maximum absolute atomic E-state index is 13.3. The van der Waals surface area contributed by atoms with Crippen LogP contribution in [-0.2, 0) is 9.53 Å². The fraction of sp³-hybridized carbons (Fsp3) is 0.517. The van der Waals surface area contributed by atoms with Gasteiger partial charge in [0.1, 0.15) is 5.60 Å². The molecule has 38 heavy (non-hydrogen) atoms. The molecular weight excluding hydrogens is 539 g/mol. The Labute approximate surface area is 236 Å². The topological polar surface area (TPSA) is 71.8 Å². The largest absolute Gasteiger partial charge is 0.443 e. The van der Waals surface area contributed by atoms with Crippen LogP contribution < -0.4 is 0 Å². The highest BCUT2D eigenvalue weighted by molar-refractivity contribution is 6.72. The van der Waals surface area contributed by atoms with Crippen LogP contribution in [0.15, 0.2) is 36.4 Å². The van der Waals surface area contributed by atoms with E-state index in [-0.39, 0.29) is 35.9 Å². The quantitative estimate of drug-likeness (QED) is 0.318. The molecule has 0 saturated carbocycles. The molecule has 4 rings (SSSR count). The van der Waals surface area contributed by atoms with E-state index in [0.29, 0.717) is 22.9 Å². The van der Waals surface area contributed by atoms with Gasteiger partial charge in [-0.15, -0.1) is 0 Å². The highest BCUT2D eigenvalue weighted by Crippen LogP contribution is 2.48. The molecule has 0 aliphatic carbocycles. The zero-order valence-electron chi connectivity index (χ0n) is 23.3. The van der Waals surface area contributed by atoms with Crippen LogP contribution >= 0.6 is 23.2 Å². The third kappa shape index (κ3) is 5.76. The predicted molar refractivity (Wildman–Crippen MR) is 158 cm³/mol. The number of hydrogen-bond acceptors (Lipinski definition) is 4. The van der Waals surface area contributed by atoms with Crippen molar-refractivity contribution in [1.29, 1.82) is 0 Å². The minimum atomic E-state index is -2.59. The van der Waals surface area contributed by atoms with E-state index < -0.39 is 20.0 Å². The Hall–Kier alpha value is -2.06. The molecule has 3 aromatic rings. The molecule has 1 aliphatic heterocycles. The number of halogens is 2. The summed E-state index contributed by atoms with van der Waals surface area (Å²) in [5.41, 5.74) is 1.28. The number of imide groups is 1. The third-order valence-corrected chi connectivity index (χ3v) is 12.0. The first kappa shape index (κ1) is 28.9. The normalized spacial score (nSPS) is 19.7. The summed E-state index contributed by atoms with van der Waals surface area (Å²) in [6.45, 7) is 13.7. The van der Waals surface area contributed by atoms with Crippen LogP contribution in [-0.4, -0.2) is 46.7 Å². The van der Waals surface area contributed by atoms with Crippen LogP contribution in [0.1, 0.15) is 59.9 Å². The molecule has 2 atom stereocenters. The smallest absolute Gasteiger partial charge is 0.417 e. The summed E-state index contributed by atoms with van der Waals surface area (Å²) in [5, 5.41) is 2.88. The number of carbonyl (C=O) groups is 2. The Morgan fingerprint density at radius 1 is 1.03 bits per heavy atom. The van der Waals surface area contributed by atoms with Crippen molar-refractivity contribution >= 4 is 65.3 Å². The second-order valence-electron chi connectivity index (χ2n) is 12.7. The van der Waals surface area contributed by atoms with Gasteiger partial charge in [0.05, 0.1) is 0 Å². The Bertz CT molecular complexity index is 1330. The van der Waals surface area contributed by atoms with Gasteiger partial charge in [-0.2, -0.15) is 0 Å². The van der Waals surface area contributed by atoms with Gasteiger partial charge < -0.3 is 14.1 Å². The first-order chi connectivity index (χ1) is 17.5. The van der Waals surface area contributed by atoms with Crippen molar-refractivity contribution in [1.82, 2.24) is 9.47 Å². The number of carbonyl (C=O) groups excluding carboxylic acids is 2. The summed E-state index contributed by atoms with van der Waals surface area (Å²) in [7, 11) is -2.59. The molecule has 206 valence electrons. The Morgan fingerprint density at radius 2 is 1.55 bits per heavy atom. The second kappa shape index (κ2) is 10.2. The number of rotatable bonds is 4. The highest BCUT2D eigenvalue weighted by Gasteiger charge is 2.45. The molecule has 1 aliphatic rings. The molecule has 0 spiro atoms. The number of likely N-dealkylation sites (tertiary alicyclic amines) is 1. The zero-order valence-corrected chi connectivity index (χ0v) is 25.8. The number of nitrogens with zero attached hydrogens (tertiary/aromatic N) is 2. The Balaban J connectivity index is 1.89. The maximum Gasteiger partial charge on any atom is 0.417 e.